The number of benzene rings is 3. The summed E-state index contributed by atoms with van der Waals surface area (Å²) in [6.07, 6.45) is -9.64. The zero-order valence-corrected chi connectivity index (χ0v) is 23.5. The van der Waals surface area contributed by atoms with E-state index in [9.17, 15) is 41.0 Å². The number of aliphatic hydroxyl groups is 1. The average molecular weight is 640 g/mol. The van der Waals surface area contributed by atoms with Crippen LogP contribution in [-0.2, 0) is 11.0 Å². The number of nitrogens with zero attached hydrogens (tertiary/aromatic N) is 1. The third-order valence-electron chi connectivity index (χ3n) is 6.80. The first kappa shape index (κ1) is 31.4. The van der Waals surface area contributed by atoms with Gasteiger partial charge >= 0.3 is 12.5 Å². The fourth-order valence-corrected chi connectivity index (χ4v) is 4.49. The molecule has 2 aliphatic rings. The van der Waals surface area contributed by atoms with Gasteiger partial charge in [0.15, 0.2) is 17.6 Å². The quantitative estimate of drug-likeness (QED) is 0.273. The minimum atomic E-state index is -5.08. The van der Waals surface area contributed by atoms with E-state index in [1.807, 2.05) is 0 Å². The van der Waals surface area contributed by atoms with E-state index in [0.717, 1.165) is 18.2 Å². The summed E-state index contributed by atoms with van der Waals surface area (Å²) in [6.45, 7) is 3.09. The number of oxime groups is 1. The van der Waals surface area contributed by atoms with Crippen molar-refractivity contribution in [3.05, 3.63) is 76.6 Å². The number of methoxy groups -OCH3 is 1. The molecular weight excluding hydrogens is 616 g/mol. The molecule has 2 heterocycles. The van der Waals surface area contributed by atoms with Gasteiger partial charge in [-0.3, -0.25) is 9.59 Å². The van der Waals surface area contributed by atoms with Crippen LogP contribution in [0.25, 0.3) is 0 Å². The molecule has 0 saturated carbocycles. The zero-order valence-electron chi connectivity index (χ0n) is 23.5. The van der Waals surface area contributed by atoms with Gasteiger partial charge in [0, 0.05) is 23.7 Å². The molecule has 0 aromatic heterocycles. The van der Waals surface area contributed by atoms with Crippen molar-refractivity contribution in [1.82, 2.24) is 0 Å². The Morgan fingerprint density at radius 1 is 0.978 bits per heavy atom. The fraction of sp³-hybridized carbons (Fsp3) is 0.276. The fourth-order valence-electron chi connectivity index (χ4n) is 4.49. The Morgan fingerprint density at radius 2 is 1.64 bits per heavy atom. The van der Waals surface area contributed by atoms with Gasteiger partial charge in [-0.1, -0.05) is 5.16 Å². The molecule has 2 aliphatic heterocycles. The minimum absolute atomic E-state index is 0.0686. The van der Waals surface area contributed by atoms with Crippen molar-refractivity contribution in [3.8, 4) is 17.2 Å². The van der Waals surface area contributed by atoms with E-state index >= 15 is 0 Å². The highest BCUT2D eigenvalue weighted by molar-refractivity contribution is 6.14. The van der Waals surface area contributed by atoms with Crippen molar-refractivity contribution >= 4 is 28.9 Å². The molecule has 10 nitrogen and oxygen atoms in total. The van der Waals surface area contributed by atoms with Crippen molar-refractivity contribution < 1.29 is 60.1 Å². The maximum atomic E-state index is 13.8. The molecule has 0 aliphatic carbocycles. The van der Waals surface area contributed by atoms with E-state index in [-0.39, 0.29) is 17.7 Å². The molecule has 0 bridgehead atoms. The second kappa shape index (κ2) is 11.2. The van der Waals surface area contributed by atoms with Crippen LogP contribution in [-0.4, -0.2) is 47.7 Å². The van der Waals surface area contributed by atoms with E-state index in [4.69, 9.17) is 9.57 Å². The molecule has 45 heavy (non-hydrogen) atoms. The van der Waals surface area contributed by atoms with Crippen LogP contribution < -0.4 is 24.8 Å². The topological polar surface area (TPSA) is 128 Å². The lowest BCUT2D eigenvalue weighted by Crippen LogP contribution is -2.36. The van der Waals surface area contributed by atoms with Crippen molar-refractivity contribution in [1.29, 1.82) is 0 Å². The van der Waals surface area contributed by atoms with Crippen LogP contribution in [0.4, 0.5) is 37.7 Å². The van der Waals surface area contributed by atoms with Gasteiger partial charge in [-0.25, -0.2) is 4.39 Å². The number of nitrogens with one attached hydrogen (secondary N) is 2. The molecule has 3 aromatic rings. The third kappa shape index (κ3) is 6.60. The van der Waals surface area contributed by atoms with Crippen LogP contribution in [0.15, 0.2) is 53.7 Å². The predicted molar refractivity (Wildman–Crippen MR) is 145 cm³/mol. The third-order valence-corrected chi connectivity index (χ3v) is 6.80. The van der Waals surface area contributed by atoms with Gasteiger partial charge in [0.25, 0.3) is 11.8 Å². The lowest BCUT2D eigenvalue weighted by atomic mass is 9.94. The number of rotatable bonds is 7. The van der Waals surface area contributed by atoms with Crippen molar-refractivity contribution in [2.24, 2.45) is 5.16 Å². The molecule has 3 N–H and O–H groups in total. The van der Waals surface area contributed by atoms with Crippen LogP contribution >= 0.6 is 0 Å². The van der Waals surface area contributed by atoms with E-state index in [2.05, 4.69) is 25.3 Å². The summed E-state index contributed by atoms with van der Waals surface area (Å²) in [5, 5.41) is 18.8. The van der Waals surface area contributed by atoms with Crippen molar-refractivity contribution in [2.75, 3.05) is 17.7 Å². The Morgan fingerprint density at radius 3 is 2.27 bits per heavy atom. The highest BCUT2D eigenvalue weighted by Gasteiger charge is 2.44. The number of hydrogen-bond donors (Lipinski definition) is 3. The monoisotopic (exact) mass is 639 g/mol. The standard InChI is InChI=1S/C29H23F6N3O7/c1-27(2,41)24-12-19(38-45-24)13-4-7-21(42-3)16(8-13)26(40)37-20-11-23-22(43-29(34,35)44-23)10-15(20)25(39)36-14-5-6-18(30)17(9-14)28(31,32)33/h4-11,24,41H,12H2,1-3H3,(H,36,39)(H,37,40). The Kier molecular flexibility index (Phi) is 7.81. The first-order chi connectivity index (χ1) is 20.9. The summed E-state index contributed by atoms with van der Waals surface area (Å²) in [6, 6.07) is 7.79. The van der Waals surface area contributed by atoms with Crippen LogP contribution in [0.2, 0.25) is 0 Å². The molecule has 0 spiro atoms. The SMILES string of the molecule is COc1ccc(C2=NOC(C(C)(C)O)C2)cc1C(=O)Nc1cc2c(cc1C(=O)Nc1ccc(F)c(C(F)(F)F)c1)OC(F)(F)O2. The molecule has 0 saturated heterocycles. The molecule has 1 unspecified atom stereocenters. The second-order valence-corrected chi connectivity index (χ2v) is 10.5. The Labute approximate surface area is 250 Å². The van der Waals surface area contributed by atoms with Crippen LogP contribution in [0.5, 0.6) is 17.2 Å². The van der Waals surface area contributed by atoms with E-state index < -0.39 is 75.8 Å². The predicted octanol–water partition coefficient (Wildman–Crippen LogP) is 5.94. The molecule has 238 valence electrons. The molecule has 3 aromatic carbocycles. The molecule has 0 fully saturated rings. The second-order valence-electron chi connectivity index (χ2n) is 10.5. The Balaban J connectivity index is 1.48. The van der Waals surface area contributed by atoms with Crippen LogP contribution in [0.1, 0.15) is 52.1 Å². The van der Waals surface area contributed by atoms with Crippen molar-refractivity contribution in [3.63, 3.8) is 0 Å². The molecular formula is C29H23F6N3O7. The molecule has 1 atom stereocenters. The number of hydrogen-bond acceptors (Lipinski definition) is 8. The summed E-state index contributed by atoms with van der Waals surface area (Å²) in [5.74, 6) is -4.72. The molecule has 0 radical (unpaired) electrons. The number of alkyl halides is 5. The smallest absolute Gasteiger partial charge is 0.496 e. The van der Waals surface area contributed by atoms with E-state index in [0.29, 0.717) is 23.4 Å². The van der Waals surface area contributed by atoms with Gasteiger partial charge in [0.05, 0.1) is 40.8 Å². The Hall–Kier alpha value is -4.99. The van der Waals surface area contributed by atoms with Gasteiger partial charge in [0.1, 0.15) is 11.6 Å². The van der Waals surface area contributed by atoms with Gasteiger partial charge < -0.3 is 34.8 Å². The van der Waals surface area contributed by atoms with Crippen LogP contribution in [0, 0.1) is 5.82 Å². The molecule has 16 heteroatoms. The Bertz CT molecular complexity index is 1720. The number of halogens is 6. The highest BCUT2D eigenvalue weighted by atomic mass is 19.4. The summed E-state index contributed by atoms with van der Waals surface area (Å²) in [5.41, 5.74) is -3.52. The van der Waals surface area contributed by atoms with Gasteiger partial charge in [-0.05, 0) is 56.3 Å². The number of carbonyl (C=O) groups excluding carboxylic acids is 2. The maximum Gasteiger partial charge on any atom is 0.586 e. The normalized spacial score (nSPS) is 16.9. The maximum absolute atomic E-state index is 13.8. The van der Waals surface area contributed by atoms with E-state index in [1.54, 1.807) is 19.9 Å². The van der Waals surface area contributed by atoms with Crippen molar-refractivity contribution in [2.45, 2.75) is 44.4 Å². The minimum Gasteiger partial charge on any atom is -0.496 e. The number of fused-ring (bicyclic) bond motifs is 1. The van der Waals surface area contributed by atoms with E-state index in [1.165, 1.54) is 19.2 Å². The summed E-state index contributed by atoms with van der Waals surface area (Å²) >= 11 is 0. The van der Waals surface area contributed by atoms with Gasteiger partial charge in [-0.15, -0.1) is 8.78 Å². The summed E-state index contributed by atoms with van der Waals surface area (Å²) < 4.78 is 95.1. The highest BCUT2D eigenvalue weighted by Crippen LogP contribution is 2.44. The summed E-state index contributed by atoms with van der Waals surface area (Å²) in [4.78, 5) is 32.1. The van der Waals surface area contributed by atoms with Crippen LogP contribution in [0.3, 0.4) is 0 Å². The number of ether oxygens (including phenoxy) is 3. The average Bonchev–Trinajstić information content (AvgIpc) is 3.56. The molecule has 2 amide bonds. The number of anilines is 2. The first-order valence-electron chi connectivity index (χ1n) is 13.0. The van der Waals surface area contributed by atoms with Gasteiger partial charge in [0.2, 0.25) is 0 Å². The summed E-state index contributed by atoms with van der Waals surface area (Å²) in [7, 11) is 1.28. The zero-order chi connectivity index (χ0) is 32.9. The van der Waals surface area contributed by atoms with Gasteiger partial charge in [-0.2, -0.15) is 13.2 Å². The largest absolute Gasteiger partial charge is 0.586 e. The first-order valence-corrected chi connectivity index (χ1v) is 13.0. The lowest BCUT2D eigenvalue weighted by Gasteiger charge is -2.22. The lowest BCUT2D eigenvalue weighted by molar-refractivity contribution is -0.286. The molecule has 5 rings (SSSR count). The number of carbonyl (C=O) groups is 2. The number of amides is 2.